The summed E-state index contributed by atoms with van der Waals surface area (Å²) in [4.78, 5) is 37.5. The van der Waals surface area contributed by atoms with E-state index in [1.54, 1.807) is 24.3 Å². The highest BCUT2D eigenvalue weighted by Gasteiger charge is 2.31. The molecule has 2 N–H and O–H groups in total. The Kier molecular flexibility index (Phi) is 5.97. The quantitative estimate of drug-likeness (QED) is 0.366. The van der Waals surface area contributed by atoms with E-state index in [9.17, 15) is 19.5 Å². The van der Waals surface area contributed by atoms with Crippen LogP contribution in [0.1, 0.15) is 15.9 Å². The Morgan fingerprint density at radius 1 is 0.969 bits per heavy atom. The molecule has 0 bridgehead atoms. The van der Waals surface area contributed by atoms with Gasteiger partial charge in [0.2, 0.25) is 0 Å². The Hall–Kier alpha value is -3.26. The van der Waals surface area contributed by atoms with Gasteiger partial charge in [-0.25, -0.2) is 9.69 Å². The molecule has 0 aliphatic carbocycles. The molecule has 10 heteroatoms. The van der Waals surface area contributed by atoms with E-state index in [1.807, 2.05) is 0 Å². The number of amides is 3. The van der Waals surface area contributed by atoms with Crippen molar-refractivity contribution in [3.8, 4) is 17.2 Å². The minimum atomic E-state index is -0.584. The molecular weight excluding hydrogens is 479 g/mol. The number of ketones is 1. The van der Waals surface area contributed by atoms with Crippen molar-refractivity contribution in [2.24, 2.45) is 0 Å². The number of carbonyl (C=O) groups is 3. The summed E-state index contributed by atoms with van der Waals surface area (Å²) in [5, 5.41) is 13.1. The van der Waals surface area contributed by atoms with Crippen LogP contribution in [0, 0.1) is 0 Å². The van der Waals surface area contributed by atoms with Crippen molar-refractivity contribution >= 4 is 58.2 Å². The van der Waals surface area contributed by atoms with Crippen molar-refractivity contribution in [2.45, 2.75) is 0 Å². The normalized spacial score (nSPS) is 13.3. The SMILES string of the molecule is O=C(c1ccc(Cl)cc1)c1cc(Oc2c(Cl)cc(N3C(=O)CNC3=O)cc2Cl)ccc1O. The summed E-state index contributed by atoms with van der Waals surface area (Å²) < 4.78 is 5.76. The lowest BCUT2D eigenvalue weighted by atomic mass is 10.0. The van der Waals surface area contributed by atoms with E-state index >= 15 is 0 Å². The maximum Gasteiger partial charge on any atom is 0.329 e. The second-order valence-electron chi connectivity index (χ2n) is 6.74. The third-order valence-electron chi connectivity index (χ3n) is 4.62. The highest BCUT2D eigenvalue weighted by molar-refractivity contribution is 6.38. The van der Waals surface area contributed by atoms with Gasteiger partial charge in [-0.15, -0.1) is 0 Å². The van der Waals surface area contributed by atoms with Crippen LogP contribution < -0.4 is 15.0 Å². The zero-order valence-corrected chi connectivity index (χ0v) is 18.3. The summed E-state index contributed by atoms with van der Waals surface area (Å²) in [6.45, 7) is -0.121. The van der Waals surface area contributed by atoms with E-state index in [0.29, 0.717) is 10.6 Å². The standard InChI is InChI=1S/C22H13Cl3N2O5/c23-12-3-1-11(2-4-12)20(30)15-9-14(5-6-18(15)28)32-21-16(24)7-13(8-17(21)25)27-19(29)10-26-22(27)31/h1-9,28H,10H2,(H,26,31). The topological polar surface area (TPSA) is 95.9 Å². The van der Waals surface area contributed by atoms with Crippen LogP contribution in [0.3, 0.4) is 0 Å². The summed E-state index contributed by atoms with van der Waals surface area (Å²) >= 11 is 18.4. The lowest BCUT2D eigenvalue weighted by Gasteiger charge is -2.16. The molecule has 3 amide bonds. The molecule has 1 saturated heterocycles. The van der Waals surface area contributed by atoms with Gasteiger partial charge in [0.25, 0.3) is 5.91 Å². The fourth-order valence-electron chi connectivity index (χ4n) is 3.09. The Morgan fingerprint density at radius 2 is 1.62 bits per heavy atom. The van der Waals surface area contributed by atoms with E-state index in [2.05, 4.69) is 5.32 Å². The number of aromatic hydroxyl groups is 1. The Balaban J connectivity index is 1.64. The van der Waals surface area contributed by atoms with E-state index in [1.165, 1.54) is 30.3 Å². The van der Waals surface area contributed by atoms with Gasteiger partial charge in [0, 0.05) is 10.6 Å². The summed E-state index contributed by atoms with van der Waals surface area (Å²) in [5.41, 5.74) is 0.528. The number of nitrogens with one attached hydrogen (secondary N) is 1. The van der Waals surface area contributed by atoms with E-state index in [-0.39, 0.29) is 45.1 Å². The summed E-state index contributed by atoms with van der Waals surface area (Å²) in [5.74, 6) is -0.870. The van der Waals surface area contributed by atoms with Gasteiger partial charge in [-0.3, -0.25) is 9.59 Å². The lowest BCUT2D eigenvalue weighted by Crippen LogP contribution is -2.30. The zero-order valence-electron chi connectivity index (χ0n) is 16.1. The van der Waals surface area contributed by atoms with Crippen LogP contribution in [0.5, 0.6) is 17.2 Å². The predicted octanol–water partition coefficient (Wildman–Crippen LogP) is 5.43. The fraction of sp³-hybridized carbons (Fsp3) is 0.0455. The number of hydrogen-bond donors (Lipinski definition) is 2. The van der Waals surface area contributed by atoms with Crippen molar-refractivity contribution in [1.29, 1.82) is 0 Å². The molecule has 1 aliphatic heterocycles. The Labute approximate surface area is 197 Å². The van der Waals surface area contributed by atoms with Gasteiger partial charge >= 0.3 is 6.03 Å². The second-order valence-corrected chi connectivity index (χ2v) is 7.99. The van der Waals surface area contributed by atoms with Gasteiger partial charge in [-0.2, -0.15) is 0 Å². The minimum absolute atomic E-state index is 0.00743. The van der Waals surface area contributed by atoms with Gasteiger partial charge in [-0.1, -0.05) is 34.8 Å². The van der Waals surface area contributed by atoms with Crippen molar-refractivity contribution < 1.29 is 24.2 Å². The number of nitrogens with zero attached hydrogens (tertiary/aromatic N) is 1. The van der Waals surface area contributed by atoms with Crippen LogP contribution in [-0.4, -0.2) is 29.4 Å². The number of phenolic OH excluding ortho intramolecular Hbond substituents is 1. The summed E-state index contributed by atoms with van der Waals surface area (Å²) in [7, 11) is 0. The number of ether oxygens (including phenoxy) is 1. The second kappa shape index (κ2) is 8.70. The van der Waals surface area contributed by atoms with Crippen LogP contribution in [0.25, 0.3) is 0 Å². The maximum atomic E-state index is 12.8. The smallest absolute Gasteiger partial charge is 0.329 e. The molecule has 162 valence electrons. The molecule has 0 saturated carbocycles. The van der Waals surface area contributed by atoms with Crippen LogP contribution in [0.2, 0.25) is 15.1 Å². The van der Waals surface area contributed by atoms with Gasteiger partial charge in [0.1, 0.15) is 11.5 Å². The van der Waals surface area contributed by atoms with Gasteiger partial charge in [0.15, 0.2) is 11.5 Å². The largest absolute Gasteiger partial charge is 0.507 e. The van der Waals surface area contributed by atoms with Gasteiger partial charge in [-0.05, 0) is 54.6 Å². The van der Waals surface area contributed by atoms with Crippen LogP contribution in [0.4, 0.5) is 10.5 Å². The summed E-state index contributed by atoms with van der Waals surface area (Å²) in [6.07, 6.45) is 0. The van der Waals surface area contributed by atoms with Gasteiger partial charge in [0.05, 0.1) is 27.8 Å². The molecule has 0 radical (unpaired) electrons. The van der Waals surface area contributed by atoms with Crippen LogP contribution in [-0.2, 0) is 4.79 Å². The molecular formula is C22H13Cl3N2O5. The zero-order chi connectivity index (χ0) is 23.0. The Morgan fingerprint density at radius 3 is 2.22 bits per heavy atom. The van der Waals surface area contributed by atoms with Crippen LogP contribution >= 0.6 is 34.8 Å². The molecule has 1 fully saturated rings. The number of phenols is 1. The van der Waals surface area contributed by atoms with Crippen molar-refractivity contribution in [3.63, 3.8) is 0 Å². The number of rotatable bonds is 5. The van der Waals surface area contributed by atoms with Crippen LogP contribution in [0.15, 0.2) is 54.6 Å². The molecule has 3 aromatic rings. The van der Waals surface area contributed by atoms with E-state index < -0.39 is 17.7 Å². The average Bonchev–Trinajstić information content (AvgIpc) is 3.09. The van der Waals surface area contributed by atoms with E-state index in [4.69, 9.17) is 39.5 Å². The monoisotopic (exact) mass is 490 g/mol. The number of hydrogen-bond acceptors (Lipinski definition) is 5. The van der Waals surface area contributed by atoms with Gasteiger partial charge < -0.3 is 15.2 Å². The highest BCUT2D eigenvalue weighted by Crippen LogP contribution is 2.41. The average molecular weight is 492 g/mol. The predicted molar refractivity (Wildman–Crippen MR) is 120 cm³/mol. The minimum Gasteiger partial charge on any atom is -0.507 e. The number of imide groups is 1. The molecule has 4 rings (SSSR count). The number of urea groups is 1. The van der Waals surface area contributed by atoms with Crippen molar-refractivity contribution in [2.75, 3.05) is 11.4 Å². The Bertz CT molecular complexity index is 1220. The molecule has 3 aromatic carbocycles. The fourth-order valence-corrected chi connectivity index (χ4v) is 3.77. The first-order chi connectivity index (χ1) is 15.2. The molecule has 32 heavy (non-hydrogen) atoms. The first kappa shape index (κ1) is 22.0. The third-order valence-corrected chi connectivity index (χ3v) is 5.44. The molecule has 0 unspecified atom stereocenters. The molecule has 1 aliphatic rings. The highest BCUT2D eigenvalue weighted by atomic mass is 35.5. The number of anilines is 1. The molecule has 7 nitrogen and oxygen atoms in total. The number of benzene rings is 3. The molecule has 1 heterocycles. The first-order valence-corrected chi connectivity index (χ1v) is 10.3. The third kappa shape index (κ3) is 4.23. The molecule has 0 atom stereocenters. The van der Waals surface area contributed by atoms with Crippen molar-refractivity contribution in [3.05, 3.63) is 80.8 Å². The molecule has 0 aromatic heterocycles. The number of carbonyl (C=O) groups excluding carboxylic acids is 3. The van der Waals surface area contributed by atoms with E-state index in [0.717, 1.165) is 4.90 Å². The maximum absolute atomic E-state index is 12.8. The summed E-state index contributed by atoms with van der Waals surface area (Å²) in [6, 6.07) is 12.5. The number of halogens is 3. The first-order valence-electron chi connectivity index (χ1n) is 9.15. The molecule has 0 spiro atoms. The van der Waals surface area contributed by atoms with Crippen molar-refractivity contribution in [1.82, 2.24) is 5.32 Å². The lowest BCUT2D eigenvalue weighted by molar-refractivity contribution is -0.115.